The summed E-state index contributed by atoms with van der Waals surface area (Å²) in [6, 6.07) is 4.43. The average Bonchev–Trinajstić information content (AvgIpc) is 2.37. The molecule has 0 spiro atoms. The van der Waals surface area contributed by atoms with Crippen LogP contribution in [-0.2, 0) is 0 Å². The van der Waals surface area contributed by atoms with Crippen LogP contribution in [0, 0.1) is 10.1 Å². The third kappa shape index (κ3) is 5.40. The van der Waals surface area contributed by atoms with Gasteiger partial charge in [-0.3, -0.25) is 10.1 Å². The standard InChI is InChI=1S/C13H17BrN2O3/c1-3-6-15-8-10(2)9-19-13-7-11(16(17)18)4-5-12(13)14/h4-5,7,15H,2-3,6,8-9H2,1H3. The largest absolute Gasteiger partial charge is 0.488 e. The van der Waals surface area contributed by atoms with E-state index in [1.807, 2.05) is 0 Å². The topological polar surface area (TPSA) is 64.4 Å². The van der Waals surface area contributed by atoms with Gasteiger partial charge in [0.05, 0.1) is 15.5 Å². The van der Waals surface area contributed by atoms with Gasteiger partial charge in [-0.1, -0.05) is 13.5 Å². The van der Waals surface area contributed by atoms with Gasteiger partial charge >= 0.3 is 0 Å². The van der Waals surface area contributed by atoms with Crippen molar-refractivity contribution in [1.29, 1.82) is 0 Å². The molecule has 1 aromatic carbocycles. The summed E-state index contributed by atoms with van der Waals surface area (Å²) in [6.45, 7) is 7.92. The van der Waals surface area contributed by atoms with Crippen molar-refractivity contribution < 1.29 is 9.66 Å². The summed E-state index contributed by atoms with van der Waals surface area (Å²) >= 11 is 3.30. The fourth-order valence-corrected chi connectivity index (χ4v) is 1.75. The van der Waals surface area contributed by atoms with Crippen molar-refractivity contribution in [2.45, 2.75) is 13.3 Å². The molecule has 104 valence electrons. The first-order chi connectivity index (χ1) is 9.04. The van der Waals surface area contributed by atoms with Gasteiger partial charge in [-0.25, -0.2) is 0 Å². The molecule has 0 bridgehead atoms. The number of nitro benzene ring substituents is 1. The highest BCUT2D eigenvalue weighted by molar-refractivity contribution is 9.10. The molecule has 0 heterocycles. The number of ether oxygens (including phenoxy) is 1. The van der Waals surface area contributed by atoms with Crippen molar-refractivity contribution in [3.63, 3.8) is 0 Å². The average molecular weight is 329 g/mol. The van der Waals surface area contributed by atoms with Crippen LogP contribution in [0.15, 0.2) is 34.8 Å². The van der Waals surface area contributed by atoms with Gasteiger partial charge in [-0.15, -0.1) is 0 Å². The summed E-state index contributed by atoms with van der Waals surface area (Å²) in [7, 11) is 0. The van der Waals surface area contributed by atoms with Crippen LogP contribution in [0.5, 0.6) is 5.75 Å². The van der Waals surface area contributed by atoms with E-state index >= 15 is 0 Å². The number of non-ortho nitro benzene ring substituents is 1. The Kier molecular flexibility index (Phi) is 6.52. The Morgan fingerprint density at radius 2 is 2.32 bits per heavy atom. The fourth-order valence-electron chi connectivity index (χ4n) is 1.39. The van der Waals surface area contributed by atoms with E-state index in [1.165, 1.54) is 12.1 Å². The lowest BCUT2D eigenvalue weighted by Crippen LogP contribution is -2.20. The number of nitro groups is 1. The van der Waals surface area contributed by atoms with Gasteiger partial charge in [-0.05, 0) is 40.5 Å². The fraction of sp³-hybridized carbons (Fsp3) is 0.385. The summed E-state index contributed by atoms with van der Waals surface area (Å²) in [5, 5.41) is 13.9. The molecule has 0 aromatic heterocycles. The second-order valence-corrected chi connectivity index (χ2v) is 4.94. The molecule has 0 atom stereocenters. The molecule has 1 aromatic rings. The first kappa shape index (κ1) is 15.7. The van der Waals surface area contributed by atoms with Crippen LogP contribution in [0.4, 0.5) is 5.69 Å². The molecule has 1 N–H and O–H groups in total. The molecule has 0 aliphatic heterocycles. The smallest absolute Gasteiger partial charge is 0.273 e. The Hall–Kier alpha value is -1.40. The van der Waals surface area contributed by atoms with Crippen LogP contribution in [0.3, 0.4) is 0 Å². The number of nitrogens with one attached hydrogen (secondary N) is 1. The minimum absolute atomic E-state index is 0.00733. The molecule has 0 unspecified atom stereocenters. The highest BCUT2D eigenvalue weighted by Crippen LogP contribution is 2.29. The maximum Gasteiger partial charge on any atom is 0.273 e. The molecule has 0 fully saturated rings. The van der Waals surface area contributed by atoms with E-state index in [4.69, 9.17) is 4.74 Å². The molecule has 1 rings (SSSR count). The minimum Gasteiger partial charge on any atom is -0.488 e. The first-order valence-corrected chi connectivity index (χ1v) is 6.78. The van der Waals surface area contributed by atoms with Gasteiger partial charge in [-0.2, -0.15) is 0 Å². The van der Waals surface area contributed by atoms with E-state index < -0.39 is 4.92 Å². The van der Waals surface area contributed by atoms with Crippen molar-refractivity contribution in [1.82, 2.24) is 5.32 Å². The number of hydrogen-bond donors (Lipinski definition) is 1. The molecule has 0 saturated carbocycles. The maximum absolute atomic E-state index is 10.7. The molecule has 19 heavy (non-hydrogen) atoms. The molecular weight excluding hydrogens is 312 g/mol. The lowest BCUT2D eigenvalue weighted by molar-refractivity contribution is -0.384. The van der Waals surface area contributed by atoms with Crippen molar-refractivity contribution in [3.05, 3.63) is 44.9 Å². The van der Waals surface area contributed by atoms with Crippen molar-refractivity contribution in [2.75, 3.05) is 19.7 Å². The molecule has 5 nitrogen and oxygen atoms in total. The predicted molar refractivity (Wildman–Crippen MR) is 78.6 cm³/mol. The molecular formula is C13H17BrN2O3. The molecule has 0 amide bonds. The van der Waals surface area contributed by atoms with Gasteiger partial charge in [0.2, 0.25) is 0 Å². The highest BCUT2D eigenvalue weighted by atomic mass is 79.9. The van der Waals surface area contributed by atoms with Crippen molar-refractivity contribution >= 4 is 21.6 Å². The molecule has 6 heteroatoms. The van der Waals surface area contributed by atoms with Gasteiger partial charge in [0.15, 0.2) is 0 Å². The van der Waals surface area contributed by atoms with E-state index in [0.717, 1.165) is 18.5 Å². The van der Waals surface area contributed by atoms with Crippen LogP contribution >= 0.6 is 15.9 Å². The number of benzene rings is 1. The van der Waals surface area contributed by atoms with Crippen molar-refractivity contribution in [2.24, 2.45) is 0 Å². The Labute approximate surface area is 120 Å². The van der Waals surface area contributed by atoms with Gasteiger partial charge in [0.25, 0.3) is 5.69 Å². The Morgan fingerprint density at radius 1 is 1.58 bits per heavy atom. The van der Waals surface area contributed by atoms with Crippen LogP contribution < -0.4 is 10.1 Å². The second kappa shape index (κ2) is 7.91. The number of nitrogens with zero attached hydrogens (tertiary/aromatic N) is 1. The lowest BCUT2D eigenvalue weighted by atomic mass is 10.3. The summed E-state index contributed by atoms with van der Waals surface area (Å²) in [5.74, 6) is 0.450. The highest BCUT2D eigenvalue weighted by Gasteiger charge is 2.10. The molecule has 0 aliphatic carbocycles. The van der Waals surface area contributed by atoms with E-state index in [9.17, 15) is 10.1 Å². The summed E-state index contributed by atoms with van der Waals surface area (Å²) in [6.07, 6.45) is 1.06. The molecule has 0 radical (unpaired) electrons. The Balaban J connectivity index is 2.54. The van der Waals surface area contributed by atoms with Crippen LogP contribution in [0.2, 0.25) is 0 Å². The molecule has 0 saturated heterocycles. The third-order valence-corrected chi connectivity index (χ3v) is 3.01. The number of halogens is 1. The third-order valence-electron chi connectivity index (χ3n) is 2.36. The second-order valence-electron chi connectivity index (χ2n) is 4.09. The van der Waals surface area contributed by atoms with Gasteiger partial charge < -0.3 is 10.1 Å². The monoisotopic (exact) mass is 328 g/mol. The van der Waals surface area contributed by atoms with Gasteiger partial charge in [0.1, 0.15) is 12.4 Å². The van der Waals surface area contributed by atoms with Crippen LogP contribution in [0.25, 0.3) is 0 Å². The Bertz CT molecular complexity index is 463. The molecule has 0 aliphatic rings. The Morgan fingerprint density at radius 3 is 2.95 bits per heavy atom. The summed E-state index contributed by atoms with van der Waals surface area (Å²) in [4.78, 5) is 10.2. The van der Waals surface area contributed by atoms with E-state index in [2.05, 4.69) is 34.7 Å². The van der Waals surface area contributed by atoms with Crippen LogP contribution in [-0.4, -0.2) is 24.6 Å². The quantitative estimate of drug-likeness (QED) is 0.344. The van der Waals surface area contributed by atoms with Crippen molar-refractivity contribution in [3.8, 4) is 5.75 Å². The minimum atomic E-state index is -0.447. The lowest BCUT2D eigenvalue weighted by Gasteiger charge is -2.10. The normalized spacial score (nSPS) is 10.2. The maximum atomic E-state index is 10.7. The van der Waals surface area contributed by atoms with Gasteiger partial charge in [0, 0.05) is 12.6 Å². The number of hydrogen-bond acceptors (Lipinski definition) is 4. The first-order valence-electron chi connectivity index (χ1n) is 5.98. The summed E-state index contributed by atoms with van der Waals surface area (Å²) in [5.41, 5.74) is 0.903. The number of rotatable bonds is 8. The van der Waals surface area contributed by atoms with E-state index in [0.29, 0.717) is 23.4 Å². The zero-order valence-electron chi connectivity index (χ0n) is 10.8. The van der Waals surface area contributed by atoms with E-state index in [1.54, 1.807) is 6.07 Å². The zero-order chi connectivity index (χ0) is 14.3. The summed E-state index contributed by atoms with van der Waals surface area (Å²) < 4.78 is 6.22. The van der Waals surface area contributed by atoms with E-state index in [-0.39, 0.29) is 5.69 Å². The predicted octanol–water partition coefficient (Wildman–Crippen LogP) is 3.29. The zero-order valence-corrected chi connectivity index (χ0v) is 12.4. The SMILES string of the molecule is C=C(CNCCC)COc1cc([N+](=O)[O-])ccc1Br. The van der Waals surface area contributed by atoms with Crippen LogP contribution in [0.1, 0.15) is 13.3 Å².